The topological polar surface area (TPSA) is 51.6 Å². The van der Waals surface area contributed by atoms with Crippen molar-refractivity contribution >= 4 is 11.3 Å². The molecular weight excluding hydrogens is 232 g/mol. The molecule has 3 aromatic heterocycles. The molecule has 3 heterocycles. The number of pyridine rings is 1. The first-order valence-corrected chi connectivity index (χ1v) is 5.93. The Labute approximate surface area is 102 Å². The van der Waals surface area contributed by atoms with Crippen LogP contribution in [0.4, 0.5) is 0 Å². The number of aromatic nitrogens is 4. The molecule has 0 aliphatic rings. The normalized spacial score (nSPS) is 10.4. The summed E-state index contributed by atoms with van der Waals surface area (Å²) < 4.78 is 0. The summed E-state index contributed by atoms with van der Waals surface area (Å²) in [6, 6.07) is 3.85. The van der Waals surface area contributed by atoms with Crippen LogP contribution in [0.3, 0.4) is 0 Å². The standard InChI is InChI=1S/C12H8N4S/c1-2-9(4-13-3-1)10-5-14-6-11(16-10)12-7-15-8-17-12/h1-8H. The molecule has 0 aliphatic carbocycles. The average molecular weight is 240 g/mol. The van der Waals surface area contributed by atoms with Crippen LogP contribution in [0.15, 0.2) is 48.6 Å². The summed E-state index contributed by atoms with van der Waals surface area (Å²) in [7, 11) is 0. The van der Waals surface area contributed by atoms with Crippen LogP contribution in [0.2, 0.25) is 0 Å². The van der Waals surface area contributed by atoms with E-state index in [4.69, 9.17) is 0 Å². The van der Waals surface area contributed by atoms with Crippen molar-refractivity contribution in [3.8, 4) is 21.8 Å². The Kier molecular flexibility index (Phi) is 2.59. The quantitative estimate of drug-likeness (QED) is 0.691. The zero-order chi connectivity index (χ0) is 11.5. The Morgan fingerprint density at radius 1 is 0.882 bits per heavy atom. The van der Waals surface area contributed by atoms with Crippen LogP contribution in [0.25, 0.3) is 21.8 Å². The van der Waals surface area contributed by atoms with Crippen LogP contribution in [-0.2, 0) is 0 Å². The van der Waals surface area contributed by atoms with E-state index in [-0.39, 0.29) is 0 Å². The molecule has 17 heavy (non-hydrogen) atoms. The van der Waals surface area contributed by atoms with Crippen LogP contribution in [0.5, 0.6) is 0 Å². The van der Waals surface area contributed by atoms with E-state index < -0.39 is 0 Å². The smallest absolute Gasteiger partial charge is 0.101 e. The average Bonchev–Trinajstić information content (AvgIpc) is 2.94. The van der Waals surface area contributed by atoms with Crippen LogP contribution >= 0.6 is 11.3 Å². The van der Waals surface area contributed by atoms with Gasteiger partial charge in [0.1, 0.15) is 5.69 Å². The van der Waals surface area contributed by atoms with Crippen molar-refractivity contribution < 1.29 is 0 Å². The van der Waals surface area contributed by atoms with Gasteiger partial charge in [0, 0.05) is 24.2 Å². The second kappa shape index (κ2) is 4.39. The molecule has 0 unspecified atom stereocenters. The lowest BCUT2D eigenvalue weighted by Gasteiger charge is -2.01. The maximum Gasteiger partial charge on any atom is 0.101 e. The fraction of sp³-hybridized carbons (Fsp3) is 0. The summed E-state index contributed by atoms with van der Waals surface area (Å²) in [5, 5.41) is 0. The minimum Gasteiger partial charge on any atom is -0.264 e. The summed E-state index contributed by atoms with van der Waals surface area (Å²) in [6.45, 7) is 0. The number of rotatable bonds is 2. The van der Waals surface area contributed by atoms with Gasteiger partial charge in [0.05, 0.1) is 28.5 Å². The molecule has 0 amide bonds. The highest BCUT2D eigenvalue weighted by molar-refractivity contribution is 7.13. The van der Waals surface area contributed by atoms with Crippen LogP contribution in [-0.4, -0.2) is 19.9 Å². The number of hydrogen-bond donors (Lipinski definition) is 0. The first-order valence-electron chi connectivity index (χ1n) is 5.05. The molecule has 0 atom stereocenters. The molecule has 3 aromatic rings. The van der Waals surface area contributed by atoms with E-state index in [0.717, 1.165) is 21.8 Å². The fourth-order valence-corrected chi connectivity index (χ4v) is 2.06. The number of thiazole rings is 1. The van der Waals surface area contributed by atoms with Gasteiger partial charge in [-0.15, -0.1) is 11.3 Å². The van der Waals surface area contributed by atoms with E-state index in [9.17, 15) is 0 Å². The van der Waals surface area contributed by atoms with Gasteiger partial charge in [0.25, 0.3) is 0 Å². The largest absolute Gasteiger partial charge is 0.264 e. The van der Waals surface area contributed by atoms with Gasteiger partial charge in [-0.25, -0.2) is 4.98 Å². The third-order valence-electron chi connectivity index (χ3n) is 2.28. The van der Waals surface area contributed by atoms with Gasteiger partial charge in [-0.3, -0.25) is 15.0 Å². The third-order valence-corrected chi connectivity index (χ3v) is 3.07. The lowest BCUT2D eigenvalue weighted by Crippen LogP contribution is -1.89. The Morgan fingerprint density at radius 2 is 1.82 bits per heavy atom. The van der Waals surface area contributed by atoms with Gasteiger partial charge in [-0.1, -0.05) is 0 Å². The predicted octanol–water partition coefficient (Wildman–Crippen LogP) is 2.66. The van der Waals surface area contributed by atoms with Gasteiger partial charge < -0.3 is 0 Å². The van der Waals surface area contributed by atoms with Gasteiger partial charge >= 0.3 is 0 Å². The van der Waals surface area contributed by atoms with Crippen LogP contribution in [0.1, 0.15) is 0 Å². The van der Waals surface area contributed by atoms with E-state index >= 15 is 0 Å². The van der Waals surface area contributed by atoms with Crippen LogP contribution in [0, 0.1) is 0 Å². The second-order valence-corrected chi connectivity index (χ2v) is 4.28. The Hall–Kier alpha value is -2.14. The minimum absolute atomic E-state index is 0.823. The van der Waals surface area contributed by atoms with Crippen molar-refractivity contribution in [2.75, 3.05) is 0 Å². The molecule has 5 heteroatoms. The van der Waals surface area contributed by atoms with Crippen molar-refractivity contribution in [1.29, 1.82) is 0 Å². The Bertz CT molecular complexity index is 607. The van der Waals surface area contributed by atoms with Gasteiger partial charge in [-0.05, 0) is 12.1 Å². The maximum atomic E-state index is 4.55. The summed E-state index contributed by atoms with van der Waals surface area (Å²) in [4.78, 5) is 17.9. The highest BCUT2D eigenvalue weighted by atomic mass is 32.1. The highest BCUT2D eigenvalue weighted by Gasteiger charge is 2.05. The summed E-state index contributed by atoms with van der Waals surface area (Å²) in [5.41, 5.74) is 4.41. The monoisotopic (exact) mass is 240 g/mol. The van der Waals surface area contributed by atoms with Gasteiger partial charge in [0.15, 0.2) is 0 Å². The summed E-state index contributed by atoms with van der Waals surface area (Å²) in [6.07, 6.45) is 8.79. The highest BCUT2D eigenvalue weighted by Crippen LogP contribution is 2.23. The molecule has 3 rings (SSSR count). The fourth-order valence-electron chi connectivity index (χ4n) is 1.48. The lowest BCUT2D eigenvalue weighted by atomic mass is 10.2. The molecule has 0 saturated carbocycles. The first-order chi connectivity index (χ1) is 8.43. The third kappa shape index (κ3) is 2.05. The SMILES string of the molecule is c1cncc(-c2cncc(-c3cncs3)n2)c1. The van der Waals surface area contributed by atoms with Gasteiger partial charge in [0.2, 0.25) is 0 Å². The summed E-state index contributed by atoms with van der Waals surface area (Å²) in [5.74, 6) is 0. The molecular formula is C12H8N4S. The molecule has 0 radical (unpaired) electrons. The summed E-state index contributed by atoms with van der Waals surface area (Å²) >= 11 is 1.55. The van der Waals surface area contributed by atoms with Crippen molar-refractivity contribution in [1.82, 2.24) is 19.9 Å². The molecule has 0 aromatic carbocycles. The van der Waals surface area contributed by atoms with Gasteiger partial charge in [-0.2, -0.15) is 0 Å². The van der Waals surface area contributed by atoms with E-state index in [1.807, 2.05) is 12.1 Å². The lowest BCUT2D eigenvalue weighted by molar-refractivity contribution is 1.20. The molecule has 82 valence electrons. The zero-order valence-electron chi connectivity index (χ0n) is 8.82. The molecule has 0 bridgehead atoms. The van der Waals surface area contributed by atoms with Crippen molar-refractivity contribution in [3.05, 3.63) is 48.6 Å². The Morgan fingerprint density at radius 3 is 2.59 bits per heavy atom. The second-order valence-electron chi connectivity index (χ2n) is 3.40. The number of nitrogens with zero attached hydrogens (tertiary/aromatic N) is 4. The van der Waals surface area contributed by atoms with Crippen LogP contribution < -0.4 is 0 Å². The molecule has 0 spiro atoms. The van der Waals surface area contributed by atoms with E-state index in [2.05, 4.69) is 19.9 Å². The minimum atomic E-state index is 0.823. The van der Waals surface area contributed by atoms with Crippen molar-refractivity contribution in [2.45, 2.75) is 0 Å². The Balaban J connectivity index is 2.06. The van der Waals surface area contributed by atoms with E-state index in [1.54, 1.807) is 47.8 Å². The number of hydrogen-bond acceptors (Lipinski definition) is 5. The molecule has 0 aliphatic heterocycles. The van der Waals surface area contributed by atoms with Crippen molar-refractivity contribution in [2.24, 2.45) is 0 Å². The van der Waals surface area contributed by atoms with E-state index in [1.165, 1.54) is 0 Å². The molecule has 0 fully saturated rings. The van der Waals surface area contributed by atoms with Crippen molar-refractivity contribution in [3.63, 3.8) is 0 Å². The first kappa shape index (κ1) is 10.0. The predicted molar refractivity (Wildman–Crippen MR) is 66.4 cm³/mol. The maximum absolute atomic E-state index is 4.55. The molecule has 4 nitrogen and oxygen atoms in total. The molecule has 0 saturated heterocycles. The van der Waals surface area contributed by atoms with E-state index in [0.29, 0.717) is 0 Å². The zero-order valence-corrected chi connectivity index (χ0v) is 9.63. The molecule has 0 N–H and O–H groups in total.